The standard InChI is InChI=1S/C10H19N3O2S/c1-4-12(3)16(14,15)10-6-9(7-11)13(5-2)8-10/h6,8H,4-5,7,11H2,1-3H3. The number of nitrogens with zero attached hydrogens (tertiary/aromatic N) is 2. The minimum absolute atomic E-state index is 0.319. The zero-order valence-electron chi connectivity index (χ0n) is 9.97. The van der Waals surface area contributed by atoms with Crippen molar-refractivity contribution < 1.29 is 8.42 Å². The average Bonchev–Trinajstić information content (AvgIpc) is 2.71. The van der Waals surface area contributed by atoms with E-state index in [-0.39, 0.29) is 0 Å². The van der Waals surface area contributed by atoms with E-state index in [1.54, 1.807) is 26.2 Å². The maximum Gasteiger partial charge on any atom is 0.244 e. The fourth-order valence-electron chi connectivity index (χ4n) is 1.48. The second kappa shape index (κ2) is 4.99. The van der Waals surface area contributed by atoms with Crippen molar-refractivity contribution in [3.05, 3.63) is 18.0 Å². The Hall–Kier alpha value is -0.850. The molecule has 0 radical (unpaired) electrons. The van der Waals surface area contributed by atoms with E-state index in [9.17, 15) is 8.42 Å². The van der Waals surface area contributed by atoms with Gasteiger partial charge in [0.25, 0.3) is 0 Å². The van der Waals surface area contributed by atoms with Crippen molar-refractivity contribution in [2.45, 2.75) is 31.8 Å². The van der Waals surface area contributed by atoms with Crippen molar-refractivity contribution in [2.75, 3.05) is 13.6 Å². The molecule has 0 atom stereocenters. The van der Waals surface area contributed by atoms with Gasteiger partial charge in [-0.05, 0) is 13.0 Å². The number of rotatable bonds is 5. The van der Waals surface area contributed by atoms with Crippen LogP contribution in [0.2, 0.25) is 0 Å². The highest BCUT2D eigenvalue weighted by atomic mass is 32.2. The fraction of sp³-hybridized carbons (Fsp3) is 0.600. The van der Waals surface area contributed by atoms with Crippen LogP contribution in [0, 0.1) is 0 Å². The molecular weight excluding hydrogens is 226 g/mol. The summed E-state index contributed by atoms with van der Waals surface area (Å²) in [7, 11) is -1.78. The molecule has 0 aromatic carbocycles. The summed E-state index contributed by atoms with van der Waals surface area (Å²) in [6, 6.07) is 1.64. The Morgan fingerprint density at radius 3 is 2.44 bits per heavy atom. The summed E-state index contributed by atoms with van der Waals surface area (Å²) in [6.45, 7) is 5.28. The summed E-state index contributed by atoms with van der Waals surface area (Å²) >= 11 is 0. The van der Waals surface area contributed by atoms with E-state index in [0.717, 1.165) is 12.2 Å². The number of sulfonamides is 1. The molecule has 0 saturated heterocycles. The number of hydrogen-bond acceptors (Lipinski definition) is 3. The molecule has 1 rings (SSSR count). The predicted molar refractivity (Wildman–Crippen MR) is 63.5 cm³/mol. The summed E-state index contributed by atoms with van der Waals surface area (Å²) in [4.78, 5) is 0.319. The topological polar surface area (TPSA) is 68.3 Å². The molecule has 0 fully saturated rings. The predicted octanol–water partition coefficient (Wildman–Crippen LogP) is 0.607. The smallest absolute Gasteiger partial charge is 0.244 e. The largest absolute Gasteiger partial charge is 0.349 e. The Kier molecular flexibility index (Phi) is 4.12. The molecule has 5 nitrogen and oxygen atoms in total. The third kappa shape index (κ3) is 2.28. The van der Waals surface area contributed by atoms with Crippen molar-refractivity contribution >= 4 is 10.0 Å². The summed E-state index contributed by atoms with van der Waals surface area (Å²) in [5.41, 5.74) is 6.40. The zero-order valence-corrected chi connectivity index (χ0v) is 10.8. The summed E-state index contributed by atoms with van der Waals surface area (Å²) < 4.78 is 27.2. The van der Waals surface area contributed by atoms with Gasteiger partial charge in [-0.2, -0.15) is 0 Å². The normalized spacial score (nSPS) is 12.3. The highest BCUT2D eigenvalue weighted by Crippen LogP contribution is 2.17. The van der Waals surface area contributed by atoms with Crippen LogP contribution in [0.3, 0.4) is 0 Å². The van der Waals surface area contributed by atoms with E-state index in [1.807, 2.05) is 11.5 Å². The van der Waals surface area contributed by atoms with Crippen LogP contribution in [0.15, 0.2) is 17.2 Å². The molecule has 0 aliphatic carbocycles. The minimum atomic E-state index is -3.35. The van der Waals surface area contributed by atoms with Crippen LogP contribution in [-0.2, 0) is 23.1 Å². The van der Waals surface area contributed by atoms with Gasteiger partial charge in [0.1, 0.15) is 4.90 Å². The van der Waals surface area contributed by atoms with Crippen molar-refractivity contribution in [1.29, 1.82) is 0 Å². The van der Waals surface area contributed by atoms with Crippen molar-refractivity contribution in [1.82, 2.24) is 8.87 Å². The Morgan fingerprint density at radius 1 is 1.44 bits per heavy atom. The highest BCUT2D eigenvalue weighted by Gasteiger charge is 2.21. The first-order valence-electron chi connectivity index (χ1n) is 5.32. The lowest BCUT2D eigenvalue weighted by atomic mass is 10.4. The van der Waals surface area contributed by atoms with Crippen LogP contribution in [0.25, 0.3) is 0 Å². The van der Waals surface area contributed by atoms with Crippen molar-refractivity contribution in [3.63, 3.8) is 0 Å². The van der Waals surface area contributed by atoms with E-state index in [0.29, 0.717) is 18.0 Å². The zero-order chi connectivity index (χ0) is 12.3. The first kappa shape index (κ1) is 13.2. The lowest BCUT2D eigenvalue weighted by Gasteiger charge is -2.12. The van der Waals surface area contributed by atoms with E-state index in [1.165, 1.54) is 4.31 Å². The van der Waals surface area contributed by atoms with Gasteiger partial charge < -0.3 is 10.3 Å². The molecule has 0 aliphatic rings. The third-order valence-corrected chi connectivity index (χ3v) is 4.56. The number of nitrogens with two attached hydrogens (primary N) is 1. The molecule has 92 valence electrons. The lowest BCUT2D eigenvalue weighted by molar-refractivity contribution is 0.486. The maximum absolute atomic E-state index is 12.0. The van der Waals surface area contributed by atoms with E-state index in [2.05, 4.69) is 0 Å². The molecule has 0 saturated carbocycles. The molecule has 1 aromatic heterocycles. The van der Waals surface area contributed by atoms with Crippen LogP contribution < -0.4 is 5.73 Å². The highest BCUT2D eigenvalue weighted by molar-refractivity contribution is 7.89. The Labute approximate surface area is 96.9 Å². The molecule has 0 unspecified atom stereocenters. The van der Waals surface area contributed by atoms with Crippen LogP contribution in [-0.4, -0.2) is 30.9 Å². The van der Waals surface area contributed by atoms with Gasteiger partial charge in [0.2, 0.25) is 10.0 Å². The van der Waals surface area contributed by atoms with E-state index < -0.39 is 10.0 Å². The monoisotopic (exact) mass is 245 g/mol. The fourth-order valence-corrected chi connectivity index (χ4v) is 2.73. The molecule has 16 heavy (non-hydrogen) atoms. The van der Waals surface area contributed by atoms with Crippen molar-refractivity contribution in [3.8, 4) is 0 Å². The molecule has 2 N–H and O–H groups in total. The van der Waals surface area contributed by atoms with Gasteiger partial charge in [-0.25, -0.2) is 12.7 Å². The summed E-state index contributed by atoms with van der Waals surface area (Å²) in [5, 5.41) is 0. The number of aryl methyl sites for hydroxylation is 1. The SMILES string of the molecule is CCN(C)S(=O)(=O)c1cc(CN)n(CC)c1. The Balaban J connectivity index is 3.19. The Bertz CT molecular complexity index is 429. The molecule has 6 heteroatoms. The molecular formula is C10H19N3O2S. The van der Waals surface area contributed by atoms with E-state index in [4.69, 9.17) is 5.73 Å². The second-order valence-corrected chi connectivity index (χ2v) is 5.62. The average molecular weight is 245 g/mol. The maximum atomic E-state index is 12.0. The van der Waals surface area contributed by atoms with Gasteiger partial charge in [0.15, 0.2) is 0 Å². The Morgan fingerprint density at radius 2 is 2.06 bits per heavy atom. The van der Waals surface area contributed by atoms with Gasteiger partial charge in [-0.1, -0.05) is 6.92 Å². The first-order chi connectivity index (χ1) is 7.47. The van der Waals surface area contributed by atoms with Gasteiger partial charge in [0, 0.05) is 38.6 Å². The molecule has 0 amide bonds. The molecule has 0 aliphatic heterocycles. The van der Waals surface area contributed by atoms with Gasteiger partial charge in [0.05, 0.1) is 0 Å². The van der Waals surface area contributed by atoms with Crippen LogP contribution >= 0.6 is 0 Å². The molecule has 1 aromatic rings. The molecule has 1 heterocycles. The van der Waals surface area contributed by atoms with Crippen LogP contribution in [0.1, 0.15) is 19.5 Å². The minimum Gasteiger partial charge on any atom is -0.349 e. The summed E-state index contributed by atoms with van der Waals surface area (Å²) in [6.07, 6.45) is 1.64. The number of aromatic nitrogens is 1. The summed E-state index contributed by atoms with van der Waals surface area (Å²) in [5.74, 6) is 0. The molecule has 0 bridgehead atoms. The van der Waals surface area contributed by atoms with Crippen LogP contribution in [0.5, 0.6) is 0 Å². The van der Waals surface area contributed by atoms with E-state index >= 15 is 0 Å². The van der Waals surface area contributed by atoms with Crippen molar-refractivity contribution in [2.24, 2.45) is 5.73 Å². The first-order valence-corrected chi connectivity index (χ1v) is 6.76. The molecule has 0 spiro atoms. The number of hydrogen-bond donors (Lipinski definition) is 1. The van der Waals surface area contributed by atoms with Gasteiger partial charge in [-0.3, -0.25) is 0 Å². The lowest BCUT2D eigenvalue weighted by Crippen LogP contribution is -2.26. The quantitative estimate of drug-likeness (QED) is 0.826. The van der Waals surface area contributed by atoms with Gasteiger partial charge in [-0.15, -0.1) is 0 Å². The third-order valence-electron chi connectivity index (χ3n) is 2.66. The second-order valence-electron chi connectivity index (χ2n) is 3.58. The van der Waals surface area contributed by atoms with Gasteiger partial charge >= 0.3 is 0 Å². The van der Waals surface area contributed by atoms with Crippen LogP contribution in [0.4, 0.5) is 0 Å².